The number of nitrogens with zero attached hydrogens (tertiary/aromatic N) is 2. The largest absolute Gasteiger partial charge is 0.342 e. The van der Waals surface area contributed by atoms with Gasteiger partial charge in [-0.25, -0.2) is 0 Å². The summed E-state index contributed by atoms with van der Waals surface area (Å²) in [5.74, 6) is 3.78. The van der Waals surface area contributed by atoms with E-state index >= 15 is 0 Å². The Morgan fingerprint density at radius 3 is 2.74 bits per heavy atom. The van der Waals surface area contributed by atoms with E-state index < -0.39 is 0 Å². The number of halogens is 1. The SMILES string of the molecule is CC1C2CCC3C4CC=C5CC(N(C)C(=O)Cc6cccc(Cl)c6)CCC5(C)C4CCC32CN1C. The third-order valence-corrected chi connectivity index (χ3v) is 12.1. The van der Waals surface area contributed by atoms with Crippen molar-refractivity contribution >= 4 is 17.5 Å². The van der Waals surface area contributed by atoms with Gasteiger partial charge in [0.25, 0.3) is 0 Å². The molecule has 1 aliphatic heterocycles. The van der Waals surface area contributed by atoms with Crippen molar-refractivity contribution in [2.24, 2.45) is 34.5 Å². The topological polar surface area (TPSA) is 23.6 Å². The Hall–Kier alpha value is -1.32. The predicted octanol–water partition coefficient (Wildman–Crippen LogP) is 6.60. The summed E-state index contributed by atoms with van der Waals surface area (Å²) in [5.41, 5.74) is 3.61. The van der Waals surface area contributed by atoms with E-state index in [0.29, 0.717) is 28.3 Å². The number of likely N-dealkylation sites (N-methyl/N-ethyl adjacent to an activating group) is 1. The quantitative estimate of drug-likeness (QED) is 0.442. The van der Waals surface area contributed by atoms with E-state index in [0.717, 1.165) is 48.1 Å². The molecule has 190 valence electrons. The number of likely N-dealkylation sites (tertiary alicyclic amines) is 1. The maximum Gasteiger partial charge on any atom is 0.226 e. The Labute approximate surface area is 217 Å². The molecule has 3 saturated carbocycles. The third-order valence-electron chi connectivity index (χ3n) is 11.9. The Morgan fingerprint density at radius 1 is 1.14 bits per heavy atom. The number of allylic oxidation sites excluding steroid dienone is 1. The van der Waals surface area contributed by atoms with Gasteiger partial charge in [-0.3, -0.25) is 4.79 Å². The fourth-order valence-corrected chi connectivity index (χ4v) is 10.1. The van der Waals surface area contributed by atoms with Crippen molar-refractivity contribution in [1.29, 1.82) is 0 Å². The molecule has 3 nitrogen and oxygen atoms in total. The second-order valence-electron chi connectivity index (χ2n) is 13.1. The highest BCUT2D eigenvalue weighted by Gasteiger charge is 2.64. The molecule has 8 unspecified atom stereocenters. The van der Waals surface area contributed by atoms with Gasteiger partial charge in [0, 0.05) is 30.7 Å². The highest BCUT2D eigenvalue weighted by atomic mass is 35.5. The van der Waals surface area contributed by atoms with Crippen LogP contribution in [0, 0.1) is 34.5 Å². The molecule has 35 heavy (non-hydrogen) atoms. The first-order valence-electron chi connectivity index (χ1n) is 14.1. The minimum Gasteiger partial charge on any atom is -0.342 e. The van der Waals surface area contributed by atoms with Gasteiger partial charge in [-0.1, -0.05) is 42.3 Å². The first kappa shape index (κ1) is 24.0. The summed E-state index contributed by atoms with van der Waals surface area (Å²) in [4.78, 5) is 17.8. The van der Waals surface area contributed by atoms with E-state index in [1.807, 2.05) is 36.2 Å². The van der Waals surface area contributed by atoms with Gasteiger partial charge in [-0.2, -0.15) is 0 Å². The van der Waals surface area contributed by atoms with Crippen molar-refractivity contribution in [2.75, 3.05) is 20.6 Å². The molecule has 0 bridgehead atoms. The van der Waals surface area contributed by atoms with E-state index in [2.05, 4.69) is 31.9 Å². The fourth-order valence-electron chi connectivity index (χ4n) is 9.92. The molecule has 0 radical (unpaired) electrons. The zero-order valence-electron chi connectivity index (χ0n) is 22.1. The molecular weight excluding hydrogens is 452 g/mol. The van der Waals surface area contributed by atoms with Gasteiger partial charge in [0.2, 0.25) is 5.91 Å². The summed E-state index contributed by atoms with van der Waals surface area (Å²) in [6, 6.07) is 8.82. The number of fused-ring (bicyclic) bond motifs is 4. The number of benzene rings is 1. The van der Waals surface area contributed by atoms with Gasteiger partial charge in [0.1, 0.15) is 0 Å². The lowest BCUT2D eigenvalue weighted by Crippen LogP contribution is -2.53. The van der Waals surface area contributed by atoms with Crippen LogP contribution in [0.25, 0.3) is 0 Å². The molecule has 1 saturated heterocycles. The smallest absolute Gasteiger partial charge is 0.226 e. The van der Waals surface area contributed by atoms with Crippen LogP contribution >= 0.6 is 11.6 Å². The van der Waals surface area contributed by atoms with Crippen molar-refractivity contribution < 1.29 is 4.79 Å². The Balaban J connectivity index is 1.17. The minimum absolute atomic E-state index is 0.214. The molecule has 1 amide bonds. The normalized spacial score (nSPS) is 42.5. The first-order valence-corrected chi connectivity index (χ1v) is 14.5. The zero-order valence-corrected chi connectivity index (χ0v) is 22.9. The van der Waals surface area contributed by atoms with Gasteiger partial charge < -0.3 is 9.80 Å². The van der Waals surface area contributed by atoms with Crippen molar-refractivity contribution in [1.82, 2.24) is 9.80 Å². The van der Waals surface area contributed by atoms with Crippen LogP contribution in [0.4, 0.5) is 0 Å². The Morgan fingerprint density at radius 2 is 1.94 bits per heavy atom. The third kappa shape index (κ3) is 3.66. The van der Waals surface area contributed by atoms with Crippen LogP contribution in [0.2, 0.25) is 5.02 Å². The second-order valence-corrected chi connectivity index (χ2v) is 13.5. The summed E-state index contributed by atoms with van der Waals surface area (Å²) in [6.45, 7) is 6.41. The van der Waals surface area contributed by atoms with E-state index in [9.17, 15) is 4.79 Å². The van der Waals surface area contributed by atoms with Crippen LogP contribution in [0.1, 0.15) is 70.8 Å². The van der Waals surface area contributed by atoms with Crippen LogP contribution in [-0.2, 0) is 11.2 Å². The summed E-state index contributed by atoms with van der Waals surface area (Å²) < 4.78 is 0. The molecule has 1 aromatic rings. The predicted molar refractivity (Wildman–Crippen MR) is 143 cm³/mol. The molecule has 5 aliphatic rings. The number of carbonyl (C=O) groups is 1. The van der Waals surface area contributed by atoms with Crippen LogP contribution in [0.15, 0.2) is 35.9 Å². The van der Waals surface area contributed by atoms with Crippen LogP contribution in [0.5, 0.6) is 0 Å². The monoisotopic (exact) mass is 494 g/mol. The molecule has 1 spiro atoms. The van der Waals surface area contributed by atoms with Crippen LogP contribution < -0.4 is 0 Å². The average molecular weight is 495 g/mol. The summed E-state index contributed by atoms with van der Waals surface area (Å²) in [7, 11) is 4.39. The van der Waals surface area contributed by atoms with E-state index in [4.69, 9.17) is 11.6 Å². The number of hydrogen-bond donors (Lipinski definition) is 0. The van der Waals surface area contributed by atoms with Crippen LogP contribution in [-0.4, -0.2) is 48.4 Å². The lowest BCUT2D eigenvalue weighted by Gasteiger charge is -2.58. The number of carbonyl (C=O) groups excluding carboxylic acids is 1. The summed E-state index contributed by atoms with van der Waals surface area (Å²) in [5, 5.41) is 0.704. The lowest BCUT2D eigenvalue weighted by atomic mass is 9.47. The molecule has 8 atom stereocenters. The highest BCUT2D eigenvalue weighted by Crippen LogP contribution is 2.68. The number of rotatable bonds is 3. The zero-order chi connectivity index (χ0) is 24.5. The standard InChI is InChI=1S/C31H43ClN2O/c1-20-26-10-11-28-25-9-8-22-18-24(34(4)29(35)17-21-6-5-7-23(32)16-21)12-14-30(22,2)27(25)13-15-31(26,28)19-33(20)3/h5-8,16,20,24-28H,9-15,17-19H2,1-4H3. The molecule has 1 aromatic carbocycles. The molecule has 1 heterocycles. The second kappa shape index (κ2) is 8.62. The molecule has 4 aliphatic carbocycles. The van der Waals surface area contributed by atoms with Crippen LogP contribution in [0.3, 0.4) is 0 Å². The molecule has 6 rings (SSSR count). The van der Waals surface area contributed by atoms with Gasteiger partial charge in [-0.05, 0) is 118 Å². The van der Waals surface area contributed by atoms with Crippen molar-refractivity contribution in [3.63, 3.8) is 0 Å². The maximum atomic E-state index is 13.1. The van der Waals surface area contributed by atoms with Gasteiger partial charge >= 0.3 is 0 Å². The fraction of sp³-hybridized carbons (Fsp3) is 0.710. The lowest BCUT2D eigenvalue weighted by molar-refractivity contribution is -0.132. The number of hydrogen-bond acceptors (Lipinski definition) is 2. The first-order chi connectivity index (χ1) is 16.7. The van der Waals surface area contributed by atoms with E-state index in [1.54, 1.807) is 5.57 Å². The molecule has 0 N–H and O–H groups in total. The molecule has 4 fully saturated rings. The van der Waals surface area contributed by atoms with E-state index in [1.165, 1.54) is 45.1 Å². The number of amides is 1. The summed E-state index contributed by atoms with van der Waals surface area (Å²) in [6.07, 6.45) is 13.6. The van der Waals surface area contributed by atoms with Crippen molar-refractivity contribution in [3.8, 4) is 0 Å². The minimum atomic E-state index is 0.214. The van der Waals surface area contributed by atoms with Gasteiger partial charge in [0.05, 0.1) is 6.42 Å². The van der Waals surface area contributed by atoms with Gasteiger partial charge in [0.15, 0.2) is 0 Å². The Kier molecular flexibility index (Phi) is 5.92. The van der Waals surface area contributed by atoms with Gasteiger partial charge in [-0.15, -0.1) is 0 Å². The summed E-state index contributed by atoms with van der Waals surface area (Å²) >= 11 is 6.15. The average Bonchev–Trinajstić information content (AvgIpc) is 3.31. The molecule has 4 heteroatoms. The Bertz CT molecular complexity index is 1040. The molecular formula is C31H43ClN2O. The van der Waals surface area contributed by atoms with Crippen molar-refractivity contribution in [2.45, 2.75) is 83.7 Å². The molecule has 0 aromatic heterocycles. The van der Waals surface area contributed by atoms with Crippen molar-refractivity contribution in [3.05, 3.63) is 46.5 Å². The highest BCUT2D eigenvalue weighted by molar-refractivity contribution is 6.30. The van der Waals surface area contributed by atoms with E-state index in [-0.39, 0.29) is 5.91 Å². The maximum absolute atomic E-state index is 13.1.